The lowest BCUT2D eigenvalue weighted by molar-refractivity contribution is -0.138. The van der Waals surface area contributed by atoms with Crippen LogP contribution in [-0.2, 0) is 14.3 Å². The number of rotatable bonds is 2. The first kappa shape index (κ1) is 14.4. The summed E-state index contributed by atoms with van der Waals surface area (Å²) in [6.45, 7) is 2.42. The summed E-state index contributed by atoms with van der Waals surface area (Å²) in [5, 5.41) is 2.93. The molecule has 2 amide bonds. The highest BCUT2D eigenvalue weighted by molar-refractivity contribution is 7.99. The quantitative estimate of drug-likeness (QED) is 0.901. The van der Waals surface area contributed by atoms with Crippen molar-refractivity contribution in [1.29, 1.82) is 0 Å². The minimum absolute atomic E-state index is 0.0463. The average Bonchev–Trinajstić information content (AvgIpc) is 2.67. The van der Waals surface area contributed by atoms with Crippen molar-refractivity contribution in [3.8, 4) is 0 Å². The third-order valence-corrected chi connectivity index (χ3v) is 4.98. The second kappa shape index (κ2) is 6.49. The Hall–Kier alpha value is -1.53. The molecule has 0 bridgehead atoms. The number of nitrogens with one attached hydrogen (secondary N) is 1. The third kappa shape index (κ3) is 3.39. The molecular formula is C15H18N2O3S. The molecule has 0 spiro atoms. The molecular weight excluding hydrogens is 288 g/mol. The molecule has 1 aromatic carbocycles. The van der Waals surface area contributed by atoms with Crippen LogP contribution in [0.5, 0.6) is 0 Å². The zero-order valence-electron chi connectivity index (χ0n) is 11.7. The molecule has 2 aliphatic heterocycles. The van der Waals surface area contributed by atoms with Crippen molar-refractivity contribution >= 4 is 29.3 Å². The van der Waals surface area contributed by atoms with Crippen LogP contribution in [0.3, 0.4) is 0 Å². The molecule has 5 nitrogen and oxygen atoms in total. The summed E-state index contributed by atoms with van der Waals surface area (Å²) in [6, 6.07) is 7.74. The van der Waals surface area contributed by atoms with Crippen LogP contribution in [0.4, 0.5) is 5.69 Å². The van der Waals surface area contributed by atoms with E-state index in [0.29, 0.717) is 32.1 Å². The fourth-order valence-electron chi connectivity index (χ4n) is 2.50. The SMILES string of the molecule is O=C1Nc2ccccc2SC[C@@H]1CC(=O)N1CCOCC1. The maximum Gasteiger partial charge on any atom is 0.228 e. The standard InChI is InChI=1S/C15H18N2O3S/c18-14(17-5-7-20-8-6-17)9-11-10-21-13-4-2-1-3-12(13)16-15(11)19/h1-4,11H,5-10H2,(H,16,19)/t11-/m0/s1. The van der Waals surface area contributed by atoms with E-state index in [4.69, 9.17) is 4.74 Å². The number of para-hydroxylation sites is 1. The van der Waals surface area contributed by atoms with Gasteiger partial charge in [0.25, 0.3) is 0 Å². The summed E-state index contributed by atoms with van der Waals surface area (Å²) in [5.74, 6) is 0.343. The van der Waals surface area contributed by atoms with Gasteiger partial charge in [-0.2, -0.15) is 0 Å². The van der Waals surface area contributed by atoms with Crippen LogP contribution >= 0.6 is 11.8 Å². The average molecular weight is 306 g/mol. The van der Waals surface area contributed by atoms with Crippen molar-refractivity contribution in [2.45, 2.75) is 11.3 Å². The van der Waals surface area contributed by atoms with Crippen molar-refractivity contribution in [2.75, 3.05) is 37.4 Å². The second-order valence-corrected chi connectivity index (χ2v) is 6.25. The van der Waals surface area contributed by atoms with E-state index >= 15 is 0 Å². The number of hydrogen-bond acceptors (Lipinski definition) is 4. The molecule has 112 valence electrons. The molecule has 1 aromatic rings. The Labute approximate surface area is 128 Å². The van der Waals surface area contributed by atoms with Gasteiger partial charge in [0.05, 0.1) is 24.8 Å². The topological polar surface area (TPSA) is 58.6 Å². The lowest BCUT2D eigenvalue weighted by Crippen LogP contribution is -2.42. The van der Waals surface area contributed by atoms with Crippen LogP contribution < -0.4 is 5.32 Å². The number of amides is 2. The summed E-state index contributed by atoms with van der Waals surface area (Å²) < 4.78 is 5.25. The van der Waals surface area contributed by atoms with E-state index in [1.54, 1.807) is 16.7 Å². The molecule has 0 aromatic heterocycles. The predicted molar refractivity (Wildman–Crippen MR) is 81.3 cm³/mol. The van der Waals surface area contributed by atoms with Crippen molar-refractivity contribution in [3.05, 3.63) is 24.3 Å². The third-order valence-electron chi connectivity index (χ3n) is 3.74. The van der Waals surface area contributed by atoms with Crippen molar-refractivity contribution in [1.82, 2.24) is 4.90 Å². The Balaban J connectivity index is 1.64. The minimum atomic E-state index is -0.280. The molecule has 21 heavy (non-hydrogen) atoms. The lowest BCUT2D eigenvalue weighted by Gasteiger charge is -2.28. The van der Waals surface area contributed by atoms with E-state index in [9.17, 15) is 9.59 Å². The van der Waals surface area contributed by atoms with E-state index in [-0.39, 0.29) is 24.2 Å². The molecule has 1 fully saturated rings. The van der Waals surface area contributed by atoms with Gasteiger partial charge in [-0.1, -0.05) is 12.1 Å². The van der Waals surface area contributed by atoms with Crippen LogP contribution in [0.25, 0.3) is 0 Å². The molecule has 2 heterocycles. The molecule has 2 aliphatic rings. The zero-order chi connectivity index (χ0) is 14.7. The summed E-state index contributed by atoms with van der Waals surface area (Å²) in [7, 11) is 0. The Morgan fingerprint density at radius 1 is 1.33 bits per heavy atom. The van der Waals surface area contributed by atoms with E-state index in [0.717, 1.165) is 10.6 Å². The van der Waals surface area contributed by atoms with Crippen molar-refractivity contribution in [2.24, 2.45) is 5.92 Å². The lowest BCUT2D eigenvalue weighted by atomic mass is 10.1. The molecule has 6 heteroatoms. The summed E-state index contributed by atoms with van der Waals surface area (Å²) in [4.78, 5) is 27.4. The molecule has 0 saturated carbocycles. The van der Waals surface area contributed by atoms with Crippen LogP contribution in [0.2, 0.25) is 0 Å². The van der Waals surface area contributed by atoms with Gasteiger partial charge in [0.15, 0.2) is 0 Å². The highest BCUT2D eigenvalue weighted by Gasteiger charge is 2.28. The Bertz CT molecular complexity index is 543. The Kier molecular flexibility index (Phi) is 4.45. The number of hydrogen-bond donors (Lipinski definition) is 1. The van der Waals surface area contributed by atoms with Gasteiger partial charge in [0, 0.05) is 30.2 Å². The van der Waals surface area contributed by atoms with Crippen LogP contribution in [0.15, 0.2) is 29.2 Å². The van der Waals surface area contributed by atoms with Gasteiger partial charge >= 0.3 is 0 Å². The van der Waals surface area contributed by atoms with E-state index in [1.165, 1.54) is 0 Å². The number of thioether (sulfide) groups is 1. The van der Waals surface area contributed by atoms with Gasteiger partial charge in [0.2, 0.25) is 11.8 Å². The number of nitrogens with zero attached hydrogens (tertiary/aromatic N) is 1. The Morgan fingerprint density at radius 3 is 2.90 bits per heavy atom. The second-order valence-electron chi connectivity index (χ2n) is 5.19. The number of ether oxygens (including phenoxy) is 1. The van der Waals surface area contributed by atoms with Crippen LogP contribution in [0, 0.1) is 5.92 Å². The number of fused-ring (bicyclic) bond motifs is 1. The largest absolute Gasteiger partial charge is 0.378 e. The molecule has 0 radical (unpaired) electrons. The molecule has 0 unspecified atom stereocenters. The molecule has 3 rings (SSSR count). The maximum absolute atomic E-state index is 12.3. The van der Waals surface area contributed by atoms with Gasteiger partial charge in [-0.25, -0.2) is 0 Å². The number of morpholine rings is 1. The summed E-state index contributed by atoms with van der Waals surface area (Å²) in [5.41, 5.74) is 0.842. The van der Waals surface area contributed by atoms with Gasteiger partial charge < -0.3 is 15.0 Å². The molecule has 1 atom stereocenters. The molecule has 1 N–H and O–H groups in total. The minimum Gasteiger partial charge on any atom is -0.378 e. The molecule has 1 saturated heterocycles. The van der Waals surface area contributed by atoms with Crippen molar-refractivity contribution < 1.29 is 14.3 Å². The zero-order valence-corrected chi connectivity index (χ0v) is 12.5. The van der Waals surface area contributed by atoms with Gasteiger partial charge in [-0.15, -0.1) is 11.8 Å². The fraction of sp³-hybridized carbons (Fsp3) is 0.467. The smallest absolute Gasteiger partial charge is 0.228 e. The van der Waals surface area contributed by atoms with Crippen LogP contribution in [-0.4, -0.2) is 48.8 Å². The summed E-state index contributed by atoms with van der Waals surface area (Å²) >= 11 is 1.63. The normalized spacial score (nSPS) is 22.2. The van der Waals surface area contributed by atoms with Crippen molar-refractivity contribution in [3.63, 3.8) is 0 Å². The predicted octanol–water partition coefficient (Wildman–Crippen LogP) is 1.60. The van der Waals surface area contributed by atoms with E-state index in [1.807, 2.05) is 24.3 Å². The van der Waals surface area contributed by atoms with Crippen LogP contribution in [0.1, 0.15) is 6.42 Å². The fourth-order valence-corrected chi connectivity index (χ4v) is 3.60. The number of anilines is 1. The monoisotopic (exact) mass is 306 g/mol. The molecule has 0 aliphatic carbocycles. The number of carbonyl (C=O) groups is 2. The van der Waals surface area contributed by atoms with Gasteiger partial charge in [-0.05, 0) is 12.1 Å². The van der Waals surface area contributed by atoms with E-state index in [2.05, 4.69) is 5.32 Å². The number of carbonyl (C=O) groups excluding carboxylic acids is 2. The maximum atomic E-state index is 12.3. The van der Waals surface area contributed by atoms with Gasteiger partial charge in [0.1, 0.15) is 0 Å². The highest BCUT2D eigenvalue weighted by atomic mass is 32.2. The first-order chi connectivity index (χ1) is 10.2. The first-order valence-corrected chi connectivity index (χ1v) is 8.11. The Morgan fingerprint density at radius 2 is 2.10 bits per heavy atom. The first-order valence-electron chi connectivity index (χ1n) is 7.12. The highest BCUT2D eigenvalue weighted by Crippen LogP contribution is 2.33. The number of benzene rings is 1. The van der Waals surface area contributed by atoms with E-state index < -0.39 is 0 Å². The van der Waals surface area contributed by atoms with Gasteiger partial charge in [-0.3, -0.25) is 9.59 Å². The summed E-state index contributed by atoms with van der Waals surface area (Å²) in [6.07, 6.45) is 0.271.